The van der Waals surface area contributed by atoms with Crippen LogP contribution in [0.1, 0.15) is 97.5 Å². The zero-order chi connectivity index (χ0) is 91.8. The van der Waals surface area contributed by atoms with Crippen LogP contribution in [0, 0.1) is 0 Å². The molecule has 38 nitrogen and oxygen atoms in total. The highest BCUT2D eigenvalue weighted by atomic mass is 36.0. The van der Waals surface area contributed by atoms with Gasteiger partial charge in [0.05, 0.1) is 46.0 Å². The molecule has 10 aromatic heterocycles. The summed E-state index contributed by atoms with van der Waals surface area (Å²) in [6.45, 7) is 0.866. The monoisotopic (exact) mass is 1930 g/mol. The highest BCUT2D eigenvalue weighted by molar-refractivity contribution is 8.26. The summed E-state index contributed by atoms with van der Waals surface area (Å²) in [6.07, 6.45) is 15.0. The van der Waals surface area contributed by atoms with E-state index in [1.165, 1.54) is 31.1 Å². The minimum atomic E-state index is -1.67. The van der Waals surface area contributed by atoms with E-state index in [1.807, 2.05) is 115 Å². The number of H-pyrrole nitrogens is 5. The number of ether oxygens (including phenoxy) is 11. The first kappa shape index (κ1) is 97.4. The number of piperazine rings is 1. The lowest BCUT2D eigenvalue weighted by molar-refractivity contribution is -0.157. The van der Waals surface area contributed by atoms with Gasteiger partial charge in [-0.05, 0) is 160 Å². The standard InChI is InChI=1S/C21H18ClN3O5.C21H18N4O4.C19H17N3O4.C11H13N3O2.C10H11N3O2.C8H6O3.CH4.Cl2OS.ClH.H2O/c1-28-21(27)14-8-13-12-3-2-6-23-20(12)24-18(13)19(25(14)17(26)9-22)11-4-5-15-16(7-11)30-10-29-15;1-24-9-17(26)25-14(21(24)27)8-13-12-3-2-6-22-20(12)23-18(13)19(25)11-4-5-15-16(7-11)29-10-28-15;1-24-19(23)13-8-12-11-3-2-6-20-18(11)22-17(12)16(21-13)10-4-5-14-15(7-10)26-9-25-14;1-16-11(15)9(12)5-7-6-14-10-8(7)3-2-4-13-10;11-8(10(14)15)4-6-5-13-9-7(6)2-1-3-12-9;9-4-6-1-2-7-8(3-6)11-5-10-7;;1-4(2)3;;/h2-7,14,19H,8-10H2,1H3,(H,23,24);2-7,14,19H,8-10H2,1H3,(H,22,23);2-7,13,16,21H,8-9H2,1H3,(H,20,22);2-4,6,9H,5,12H2,1H3,(H,13,14);1-3,5,8H,4,11H2,(H,12,13)(H,14,15);1-4H,5H2;1H4;;1H;1H2/t2*14-,19-;13-,16-;;;;;;;/m111......./s1. The molecule has 13 N–H and O–H groups in total. The number of aromatic nitrogens is 10. The number of fused-ring (bicyclic) bond motifs is 16. The van der Waals surface area contributed by atoms with Crippen molar-refractivity contribution in [2.45, 2.75) is 87.9 Å². The number of aromatic amines is 5. The van der Waals surface area contributed by atoms with Crippen LogP contribution in [0.5, 0.6) is 46.0 Å². The minimum absolute atomic E-state index is 0. The third-order valence-electron chi connectivity index (χ3n) is 22.9. The second kappa shape index (κ2) is 43.0. The Morgan fingerprint density at radius 3 is 1.43 bits per heavy atom. The molecule has 0 bridgehead atoms. The predicted molar refractivity (Wildman–Crippen MR) is 494 cm³/mol. The number of hydrogen-bond donors (Lipinski definition) is 9. The molecule has 8 atom stereocenters. The fourth-order valence-corrected chi connectivity index (χ4v) is 17.0. The number of nitrogens with one attached hydrogen (secondary N) is 6. The van der Waals surface area contributed by atoms with Crippen molar-refractivity contribution >= 4 is 158 Å². The highest BCUT2D eigenvalue weighted by Gasteiger charge is 2.49. The summed E-state index contributed by atoms with van der Waals surface area (Å²) in [5.41, 5.74) is 25.8. The number of carboxylic acids is 1. The molecule has 18 heterocycles. The molecule has 43 heteroatoms. The van der Waals surface area contributed by atoms with Crippen LogP contribution >= 0.6 is 45.4 Å². The van der Waals surface area contributed by atoms with Gasteiger partial charge in [-0.1, -0.05) is 25.6 Å². The lowest BCUT2D eigenvalue weighted by Gasteiger charge is -2.46. The number of nitrogens with two attached hydrogens (primary N) is 2. The molecule has 134 heavy (non-hydrogen) atoms. The number of carbonyl (C=O) groups is 8. The van der Waals surface area contributed by atoms with E-state index in [9.17, 15) is 38.4 Å². The summed E-state index contributed by atoms with van der Waals surface area (Å²) in [5, 5.41) is 16.9. The average molecular weight is 1930 g/mol. The third kappa shape index (κ3) is 20.4. The number of aldehydes is 1. The largest absolute Gasteiger partial charge is 0.480 e. The van der Waals surface area contributed by atoms with E-state index >= 15 is 0 Å². The maximum Gasteiger partial charge on any atom is 0.328 e. The Labute approximate surface area is 785 Å². The molecule has 22 rings (SSSR count). The van der Waals surface area contributed by atoms with Crippen molar-refractivity contribution in [2.75, 3.05) is 68.0 Å². The molecule has 0 radical (unpaired) electrons. The molecular weight excluding hydrogens is 1840 g/mol. The lowest BCUT2D eigenvalue weighted by Crippen LogP contribution is -2.62. The summed E-state index contributed by atoms with van der Waals surface area (Å²) in [7, 11) is 13.1. The Kier molecular flexibility index (Phi) is 31.3. The van der Waals surface area contributed by atoms with Gasteiger partial charge >= 0.3 is 23.9 Å². The van der Waals surface area contributed by atoms with Gasteiger partial charge in [-0.3, -0.25) is 38.9 Å². The Bertz CT molecular complexity index is 6730. The van der Waals surface area contributed by atoms with Gasteiger partial charge in [-0.2, -0.15) is 0 Å². The number of carbonyl (C=O) groups excluding carboxylic acids is 7. The van der Waals surface area contributed by atoms with E-state index < -0.39 is 69.4 Å². The Hall–Kier alpha value is -14.2. The number of hydrogen-bond acceptors (Lipinski definition) is 28. The normalized spacial score (nSPS) is 17.6. The number of aliphatic carboxylic acids is 1. The SMILES string of the molecule is C.CN1CC(=O)N2[C@H](c3ccc4c(c3)OCO4)c3[nH]c4ncccc4c3C[C@@H]2C1=O.COC(=O)C(N)Cc1c[nH]c2ncccc12.COC(=O)[C@H]1Cc2c([nH]c3ncccc23)[C@@H](c2ccc3c(c2)OCO3)N1.COC(=O)[C@H]1Cc2c([nH]c3ncccc23)[C@@H](c2ccc3c(c2)OCO3)N1C(=O)CCl.Cl.NC(Cc1c[nH]c2ncccc12)C(=O)O.O.O=Cc1ccc2c(c1)OCO2.O=S(Cl)Cl. The van der Waals surface area contributed by atoms with Crippen LogP contribution < -0.4 is 54.7 Å². The molecule has 1 fully saturated rings. The van der Waals surface area contributed by atoms with Crippen LogP contribution in [0.4, 0.5) is 0 Å². The summed E-state index contributed by atoms with van der Waals surface area (Å²) in [4.78, 5) is 139. The van der Waals surface area contributed by atoms with Gasteiger partial charge in [-0.25, -0.2) is 33.9 Å². The summed E-state index contributed by atoms with van der Waals surface area (Å²) >= 11 is 5.94. The van der Waals surface area contributed by atoms with Crippen molar-refractivity contribution in [1.82, 2.24) is 69.9 Å². The van der Waals surface area contributed by atoms with Gasteiger partial charge < -0.3 is 114 Å². The zero-order valence-corrected chi connectivity index (χ0v) is 74.9. The topological polar surface area (TPSA) is 524 Å². The average Bonchev–Trinajstić information content (AvgIpc) is 1.52. The number of alkyl halides is 1. The van der Waals surface area contributed by atoms with E-state index in [1.54, 1.807) is 73.4 Å². The van der Waals surface area contributed by atoms with Crippen LogP contribution in [0.25, 0.3) is 55.2 Å². The zero-order valence-electron chi connectivity index (χ0n) is 71.0. The first-order valence-electron chi connectivity index (χ1n) is 40.6. The number of rotatable bonds is 13. The molecule has 14 aromatic rings. The molecule has 8 aliphatic rings. The van der Waals surface area contributed by atoms with Crippen LogP contribution in [0.2, 0.25) is 0 Å². The van der Waals surface area contributed by atoms with Gasteiger partial charge in [-0.15, -0.1) is 24.0 Å². The van der Waals surface area contributed by atoms with Crippen LogP contribution in [-0.2, 0) is 89.1 Å². The molecule has 1 saturated heterocycles. The molecular formula is C91H90Cl4N16O22S. The number of nitrogens with zero attached hydrogens (tertiary/aromatic N) is 8. The van der Waals surface area contributed by atoms with Crippen molar-refractivity contribution < 1.29 is 105 Å². The molecule has 0 aliphatic carbocycles. The van der Waals surface area contributed by atoms with Gasteiger partial charge in [0.1, 0.15) is 70.6 Å². The number of halogens is 4. The van der Waals surface area contributed by atoms with Crippen molar-refractivity contribution in [3.8, 4) is 46.0 Å². The molecule has 4 aromatic carbocycles. The van der Waals surface area contributed by atoms with Gasteiger partial charge in [0.15, 0.2) is 46.0 Å². The van der Waals surface area contributed by atoms with E-state index in [0.29, 0.717) is 83.6 Å². The number of methoxy groups -OCH3 is 3. The van der Waals surface area contributed by atoms with E-state index in [-0.39, 0.29) is 94.6 Å². The molecule has 0 saturated carbocycles. The Morgan fingerprint density at radius 2 is 0.955 bits per heavy atom. The number of carboxylic acid groups (broad SMARTS) is 1. The Balaban J connectivity index is 0.000000138. The first-order valence-corrected chi connectivity index (χ1v) is 44.0. The maximum atomic E-state index is 13.1. The van der Waals surface area contributed by atoms with Gasteiger partial charge in [0, 0.05) is 153 Å². The van der Waals surface area contributed by atoms with E-state index in [4.69, 9.17) is 79.8 Å². The van der Waals surface area contributed by atoms with Gasteiger partial charge in [0.2, 0.25) is 54.1 Å². The van der Waals surface area contributed by atoms with Crippen LogP contribution in [0.15, 0.2) is 177 Å². The number of pyridine rings is 5. The highest BCUT2D eigenvalue weighted by Crippen LogP contribution is 2.48. The second-order valence-electron chi connectivity index (χ2n) is 30.5. The van der Waals surface area contributed by atoms with Crippen molar-refractivity contribution in [3.63, 3.8) is 0 Å². The predicted octanol–water partition coefficient (Wildman–Crippen LogP) is 9.85. The summed E-state index contributed by atoms with van der Waals surface area (Å²) < 4.78 is 66.6. The van der Waals surface area contributed by atoms with Crippen LogP contribution in [-0.4, -0.2) is 225 Å². The fraction of sp³-hybridized carbons (Fsp3) is 0.264. The molecule has 8 aliphatic heterocycles. The first-order chi connectivity index (χ1) is 63.5. The molecule has 0 spiro atoms. The summed E-state index contributed by atoms with van der Waals surface area (Å²) in [5.74, 6) is 2.42. The summed E-state index contributed by atoms with van der Waals surface area (Å²) in [6, 6.07) is 36.7. The third-order valence-corrected chi connectivity index (χ3v) is 23.1. The molecule has 2 unspecified atom stereocenters. The fourth-order valence-electron chi connectivity index (χ4n) is 16.9. The van der Waals surface area contributed by atoms with Crippen molar-refractivity contribution in [3.05, 3.63) is 244 Å². The van der Waals surface area contributed by atoms with Gasteiger partial charge in [0.25, 0.3) is 0 Å². The number of amides is 3. The minimum Gasteiger partial charge on any atom is -0.480 e. The van der Waals surface area contributed by atoms with Crippen LogP contribution in [0.3, 0.4) is 0 Å². The van der Waals surface area contributed by atoms with Crippen molar-refractivity contribution in [2.24, 2.45) is 11.5 Å². The molecule has 700 valence electrons. The van der Waals surface area contributed by atoms with E-state index in [2.05, 4.69) is 81.3 Å². The van der Waals surface area contributed by atoms with Crippen molar-refractivity contribution in [1.29, 1.82) is 0 Å². The number of likely N-dealkylation sites (N-methyl/N-ethyl adjacent to an activating group) is 1. The quantitative estimate of drug-likeness (QED) is 0.0170. The van der Waals surface area contributed by atoms with E-state index in [0.717, 1.165) is 123 Å². The smallest absolute Gasteiger partial charge is 0.328 e. The Morgan fingerprint density at radius 1 is 0.545 bits per heavy atom. The maximum absolute atomic E-state index is 13.1. The molecule has 3 amide bonds. The number of esters is 3. The number of benzene rings is 4. The lowest BCUT2D eigenvalue weighted by atomic mass is 9.86. The second-order valence-corrected chi connectivity index (χ2v) is 33.3.